The van der Waals surface area contributed by atoms with Gasteiger partial charge in [0.2, 0.25) is 5.91 Å². The number of carbonyl (C=O) groups excluding carboxylic acids is 1. The lowest BCUT2D eigenvalue weighted by Crippen LogP contribution is -2.40. The molecule has 0 aliphatic carbocycles. The Labute approximate surface area is 159 Å². The fraction of sp³-hybridized carbons (Fsp3) is 0.273. The molecule has 1 amide bonds. The van der Waals surface area contributed by atoms with E-state index in [4.69, 9.17) is 0 Å². The van der Waals surface area contributed by atoms with E-state index in [9.17, 15) is 4.79 Å². The Morgan fingerprint density at radius 1 is 0.963 bits per heavy atom. The zero-order valence-corrected chi connectivity index (χ0v) is 15.3. The lowest BCUT2D eigenvalue weighted by atomic mass is 10.0. The molecule has 0 saturated carbocycles. The van der Waals surface area contributed by atoms with Crippen molar-refractivity contribution in [1.82, 2.24) is 14.7 Å². The molecule has 5 nitrogen and oxygen atoms in total. The van der Waals surface area contributed by atoms with Gasteiger partial charge in [-0.1, -0.05) is 42.8 Å². The van der Waals surface area contributed by atoms with Crippen LogP contribution in [0.4, 0.5) is 5.69 Å². The molecular formula is C22H24N4O. The van der Waals surface area contributed by atoms with E-state index in [0.717, 1.165) is 42.9 Å². The zero-order valence-electron chi connectivity index (χ0n) is 15.3. The van der Waals surface area contributed by atoms with Gasteiger partial charge in [0.05, 0.1) is 5.69 Å². The predicted octanol–water partition coefficient (Wildman–Crippen LogP) is 4.04. The molecule has 4 rings (SSSR count). The molecule has 3 aromatic rings. The highest BCUT2D eigenvalue weighted by Gasteiger charge is 2.28. The number of aromatic nitrogens is 2. The first-order valence-electron chi connectivity index (χ1n) is 9.51. The van der Waals surface area contributed by atoms with Crippen LogP contribution in [0.2, 0.25) is 0 Å². The van der Waals surface area contributed by atoms with Crippen LogP contribution in [-0.2, 0) is 4.79 Å². The minimum atomic E-state index is -0.264. The van der Waals surface area contributed by atoms with Crippen LogP contribution in [0.25, 0.3) is 5.69 Å². The third kappa shape index (κ3) is 4.09. The van der Waals surface area contributed by atoms with Gasteiger partial charge in [0.15, 0.2) is 0 Å². The summed E-state index contributed by atoms with van der Waals surface area (Å²) in [6.07, 6.45) is 7.16. The molecule has 5 heteroatoms. The monoisotopic (exact) mass is 360 g/mol. The second kappa shape index (κ2) is 8.18. The number of hydrogen-bond acceptors (Lipinski definition) is 3. The second-order valence-corrected chi connectivity index (χ2v) is 6.90. The van der Waals surface area contributed by atoms with Gasteiger partial charge in [-0.05, 0) is 55.8 Å². The molecule has 0 spiro atoms. The van der Waals surface area contributed by atoms with E-state index < -0.39 is 0 Å². The summed E-state index contributed by atoms with van der Waals surface area (Å²) in [4.78, 5) is 15.5. The highest BCUT2D eigenvalue weighted by Crippen LogP contribution is 2.26. The zero-order chi connectivity index (χ0) is 18.5. The number of carbonyl (C=O) groups is 1. The third-order valence-electron chi connectivity index (χ3n) is 5.00. The smallest absolute Gasteiger partial charge is 0.246 e. The van der Waals surface area contributed by atoms with Crippen LogP contribution < -0.4 is 5.32 Å². The second-order valence-electron chi connectivity index (χ2n) is 6.90. The lowest BCUT2D eigenvalue weighted by Gasteiger charge is -2.34. The van der Waals surface area contributed by atoms with Crippen molar-refractivity contribution in [3.8, 4) is 5.69 Å². The van der Waals surface area contributed by atoms with Crippen molar-refractivity contribution in [3.63, 3.8) is 0 Å². The van der Waals surface area contributed by atoms with Crippen LogP contribution in [0.3, 0.4) is 0 Å². The number of nitrogens with zero attached hydrogens (tertiary/aromatic N) is 3. The summed E-state index contributed by atoms with van der Waals surface area (Å²) < 4.78 is 1.79. The van der Waals surface area contributed by atoms with Crippen molar-refractivity contribution >= 4 is 11.6 Å². The maximum absolute atomic E-state index is 13.2. The Bertz CT molecular complexity index is 870. The Hall–Kier alpha value is -2.92. The number of amides is 1. The van der Waals surface area contributed by atoms with E-state index >= 15 is 0 Å². The lowest BCUT2D eigenvalue weighted by molar-refractivity contribution is -0.122. The highest BCUT2D eigenvalue weighted by molar-refractivity contribution is 5.95. The van der Waals surface area contributed by atoms with E-state index in [0.29, 0.717) is 0 Å². The summed E-state index contributed by atoms with van der Waals surface area (Å²) in [5, 5.41) is 7.38. The molecule has 1 aliphatic rings. The number of piperidine rings is 1. The van der Waals surface area contributed by atoms with Gasteiger partial charge in [0.1, 0.15) is 6.04 Å². The molecule has 138 valence electrons. The fourth-order valence-corrected chi connectivity index (χ4v) is 3.70. The summed E-state index contributed by atoms with van der Waals surface area (Å²) >= 11 is 0. The first kappa shape index (κ1) is 17.5. The SMILES string of the molecule is O=C(Nc1cccc(-n2cccn2)c1)[C@@H](c1ccccc1)N1CCCCC1. The van der Waals surface area contributed by atoms with Gasteiger partial charge < -0.3 is 5.32 Å². The summed E-state index contributed by atoms with van der Waals surface area (Å²) in [6, 6.07) is 19.5. The highest BCUT2D eigenvalue weighted by atomic mass is 16.2. The average Bonchev–Trinajstić information content (AvgIpc) is 3.25. The minimum absolute atomic E-state index is 0.0146. The first-order chi connectivity index (χ1) is 13.3. The molecule has 0 unspecified atom stereocenters. The molecule has 2 aromatic carbocycles. The average molecular weight is 360 g/mol. The summed E-state index contributed by atoms with van der Waals surface area (Å²) in [5.74, 6) is 0.0146. The summed E-state index contributed by atoms with van der Waals surface area (Å²) in [5.41, 5.74) is 2.75. The van der Waals surface area contributed by atoms with Crippen molar-refractivity contribution < 1.29 is 4.79 Å². The van der Waals surface area contributed by atoms with E-state index in [1.54, 1.807) is 10.9 Å². The van der Waals surface area contributed by atoms with E-state index in [-0.39, 0.29) is 11.9 Å². The number of nitrogens with one attached hydrogen (secondary N) is 1. The van der Waals surface area contributed by atoms with Crippen molar-refractivity contribution in [2.24, 2.45) is 0 Å². The van der Waals surface area contributed by atoms with E-state index in [1.807, 2.05) is 66.9 Å². The molecule has 27 heavy (non-hydrogen) atoms. The van der Waals surface area contributed by atoms with Crippen LogP contribution >= 0.6 is 0 Å². The van der Waals surface area contributed by atoms with Crippen molar-refractivity contribution in [2.75, 3.05) is 18.4 Å². The first-order valence-corrected chi connectivity index (χ1v) is 9.51. The van der Waals surface area contributed by atoms with Crippen LogP contribution in [-0.4, -0.2) is 33.7 Å². The van der Waals surface area contributed by atoms with Crippen LogP contribution in [0.5, 0.6) is 0 Å². The molecule has 1 atom stereocenters. The topological polar surface area (TPSA) is 50.2 Å². The summed E-state index contributed by atoms with van der Waals surface area (Å²) in [6.45, 7) is 1.92. The van der Waals surface area contributed by atoms with Crippen molar-refractivity contribution in [3.05, 3.63) is 78.6 Å². The standard InChI is InChI=1S/C22H24N4O/c27-22(24-19-11-7-12-20(17-19)26-16-8-13-23-26)21(18-9-3-1-4-10-18)25-14-5-2-6-15-25/h1,3-4,7-13,16-17,21H,2,5-6,14-15H2,(H,24,27)/t21-/m1/s1. The van der Waals surface area contributed by atoms with Gasteiger partial charge in [0.25, 0.3) is 0 Å². The Morgan fingerprint density at radius 2 is 1.78 bits per heavy atom. The Kier molecular flexibility index (Phi) is 5.30. The fourth-order valence-electron chi connectivity index (χ4n) is 3.70. The molecule has 1 aliphatic heterocycles. The number of benzene rings is 2. The van der Waals surface area contributed by atoms with Gasteiger partial charge in [-0.3, -0.25) is 9.69 Å². The van der Waals surface area contributed by atoms with Crippen LogP contribution in [0.1, 0.15) is 30.9 Å². The van der Waals surface area contributed by atoms with Crippen LogP contribution in [0.15, 0.2) is 73.1 Å². The molecule has 1 N–H and O–H groups in total. The van der Waals surface area contributed by atoms with Crippen molar-refractivity contribution in [1.29, 1.82) is 0 Å². The number of anilines is 1. The van der Waals surface area contributed by atoms with Crippen molar-refractivity contribution in [2.45, 2.75) is 25.3 Å². The summed E-state index contributed by atoms with van der Waals surface area (Å²) in [7, 11) is 0. The Balaban J connectivity index is 1.57. The van der Waals surface area contributed by atoms with E-state index in [1.165, 1.54) is 6.42 Å². The van der Waals surface area contributed by atoms with E-state index in [2.05, 4.69) is 15.3 Å². The minimum Gasteiger partial charge on any atom is -0.324 e. The predicted molar refractivity (Wildman–Crippen MR) is 107 cm³/mol. The third-order valence-corrected chi connectivity index (χ3v) is 5.00. The molecular weight excluding hydrogens is 336 g/mol. The van der Waals surface area contributed by atoms with Gasteiger partial charge in [-0.25, -0.2) is 4.68 Å². The number of likely N-dealkylation sites (tertiary alicyclic amines) is 1. The Morgan fingerprint density at radius 3 is 2.52 bits per heavy atom. The van der Waals surface area contributed by atoms with Gasteiger partial charge in [-0.15, -0.1) is 0 Å². The van der Waals surface area contributed by atoms with Gasteiger partial charge >= 0.3 is 0 Å². The normalized spacial score (nSPS) is 16.0. The molecule has 1 saturated heterocycles. The number of hydrogen-bond donors (Lipinski definition) is 1. The maximum atomic E-state index is 13.2. The maximum Gasteiger partial charge on any atom is 0.246 e. The van der Waals surface area contributed by atoms with Gasteiger partial charge in [0, 0.05) is 18.1 Å². The molecule has 1 aromatic heterocycles. The molecule has 2 heterocycles. The quantitative estimate of drug-likeness (QED) is 0.747. The van der Waals surface area contributed by atoms with Crippen LogP contribution in [0, 0.1) is 0 Å². The molecule has 0 radical (unpaired) electrons. The molecule has 0 bridgehead atoms. The molecule has 1 fully saturated rings. The van der Waals surface area contributed by atoms with Gasteiger partial charge in [-0.2, -0.15) is 5.10 Å². The largest absolute Gasteiger partial charge is 0.324 e. The number of rotatable bonds is 5.